The number of benzene rings is 2. The number of carboxylic acid groups (broad SMARTS) is 2. The highest BCUT2D eigenvalue weighted by atomic mass is 19.1. The number of hydrogen-bond acceptors (Lipinski definition) is 6. The van der Waals surface area contributed by atoms with Crippen LogP contribution in [0.3, 0.4) is 0 Å². The molecule has 0 amide bonds. The summed E-state index contributed by atoms with van der Waals surface area (Å²) < 4.78 is 42.1. The van der Waals surface area contributed by atoms with Gasteiger partial charge in [-0.2, -0.15) is 0 Å². The van der Waals surface area contributed by atoms with Crippen LogP contribution < -0.4 is 14.2 Å². The Balaban J connectivity index is 0.000000534. The molecule has 170 valence electrons. The Morgan fingerprint density at radius 1 is 0.969 bits per heavy atom. The minimum atomic E-state index is -1.82. The summed E-state index contributed by atoms with van der Waals surface area (Å²) in [6, 6.07) is 10.3. The van der Waals surface area contributed by atoms with Crippen molar-refractivity contribution in [2.45, 2.75) is 6.42 Å². The van der Waals surface area contributed by atoms with Gasteiger partial charge in [0.2, 0.25) is 0 Å². The number of aliphatic carboxylic acids is 2. The molecule has 0 bridgehead atoms. The molecule has 0 aliphatic heterocycles. The highest BCUT2D eigenvalue weighted by molar-refractivity contribution is 6.27. The third-order valence-corrected chi connectivity index (χ3v) is 4.24. The van der Waals surface area contributed by atoms with Crippen LogP contribution >= 0.6 is 0 Å². The summed E-state index contributed by atoms with van der Waals surface area (Å²) in [5, 5.41) is 16.5. The van der Waals surface area contributed by atoms with Crippen LogP contribution in [0.15, 0.2) is 42.6 Å². The highest BCUT2D eigenvalue weighted by Crippen LogP contribution is 2.34. The zero-order chi connectivity index (χ0) is 23.7. The number of rotatable bonds is 7. The Kier molecular flexibility index (Phi) is 8.70. The fourth-order valence-electron chi connectivity index (χ4n) is 2.82. The van der Waals surface area contributed by atoms with Crippen molar-refractivity contribution in [2.75, 3.05) is 27.5 Å². The molecule has 1 heterocycles. The molecule has 32 heavy (non-hydrogen) atoms. The van der Waals surface area contributed by atoms with Gasteiger partial charge in [-0.3, -0.25) is 4.98 Å². The molecule has 3 rings (SSSR count). The first-order chi connectivity index (χ1) is 15.3. The molecule has 0 aliphatic carbocycles. The van der Waals surface area contributed by atoms with Crippen LogP contribution in [-0.2, 0) is 16.0 Å². The van der Waals surface area contributed by atoms with E-state index in [0.717, 1.165) is 22.0 Å². The molecule has 1 aromatic heterocycles. The number of pyridine rings is 1. The minimum Gasteiger partial charge on any atom is -0.494 e. The van der Waals surface area contributed by atoms with Gasteiger partial charge in [-0.05, 0) is 41.3 Å². The monoisotopic (exact) mass is 449 g/mol. The number of alkyl halides is 1. The fraction of sp³-hybridized carbons (Fsp3) is 0.227. The molecule has 2 N–H and O–H groups in total. The van der Waals surface area contributed by atoms with Gasteiger partial charge in [0.05, 0.1) is 19.9 Å². The standard InChI is InChI=1S/C20H19F2NO3.C2H2O4/c1-24-18-4-3-13(9-16(18)22)10-17-15-12-20(26-8-6-21)19(25-2)11-14(15)5-7-23-17;3-1(4)2(5)6/h3-5,7,9,11-12H,6,8,10H2,1-2H3;(H,3,4)(H,5,6). The molecule has 0 radical (unpaired) electrons. The van der Waals surface area contributed by atoms with Crippen molar-refractivity contribution in [3.05, 3.63) is 59.7 Å². The number of aromatic nitrogens is 1. The summed E-state index contributed by atoms with van der Waals surface area (Å²) in [7, 11) is 2.96. The van der Waals surface area contributed by atoms with Crippen molar-refractivity contribution >= 4 is 22.7 Å². The second kappa shape index (κ2) is 11.4. The lowest BCUT2D eigenvalue weighted by Crippen LogP contribution is -2.09. The van der Waals surface area contributed by atoms with Crippen LogP contribution in [0.1, 0.15) is 11.3 Å². The molecule has 8 nitrogen and oxygen atoms in total. The van der Waals surface area contributed by atoms with E-state index < -0.39 is 24.4 Å². The van der Waals surface area contributed by atoms with Crippen molar-refractivity contribution in [3.8, 4) is 17.2 Å². The largest absolute Gasteiger partial charge is 0.494 e. The number of nitrogens with zero attached hydrogens (tertiary/aromatic N) is 1. The second-order valence-electron chi connectivity index (χ2n) is 6.28. The van der Waals surface area contributed by atoms with Crippen LogP contribution in [0.2, 0.25) is 0 Å². The molecule has 0 unspecified atom stereocenters. The third-order valence-electron chi connectivity index (χ3n) is 4.24. The number of carboxylic acids is 2. The van der Waals surface area contributed by atoms with Gasteiger partial charge in [0, 0.05) is 18.0 Å². The lowest BCUT2D eigenvalue weighted by atomic mass is 10.0. The van der Waals surface area contributed by atoms with Gasteiger partial charge in [0.1, 0.15) is 13.3 Å². The number of ether oxygens (including phenoxy) is 3. The average Bonchev–Trinajstić information content (AvgIpc) is 2.77. The summed E-state index contributed by atoms with van der Waals surface area (Å²) in [6.07, 6.45) is 2.13. The van der Waals surface area contributed by atoms with Crippen LogP contribution in [-0.4, -0.2) is 54.6 Å². The second-order valence-corrected chi connectivity index (χ2v) is 6.28. The highest BCUT2D eigenvalue weighted by Gasteiger charge is 2.12. The molecule has 0 fully saturated rings. The molecule has 10 heteroatoms. The molecule has 0 saturated heterocycles. The normalized spacial score (nSPS) is 10.1. The Labute approximate surface area is 182 Å². The Hall–Kier alpha value is -3.95. The molecule has 0 saturated carbocycles. The maximum atomic E-state index is 14.0. The Bertz CT molecular complexity index is 1090. The lowest BCUT2D eigenvalue weighted by Gasteiger charge is -2.13. The van der Waals surface area contributed by atoms with Crippen molar-refractivity contribution in [1.82, 2.24) is 4.98 Å². The van der Waals surface area contributed by atoms with E-state index in [1.54, 1.807) is 24.4 Å². The van der Waals surface area contributed by atoms with E-state index in [0.29, 0.717) is 17.9 Å². The summed E-state index contributed by atoms with van der Waals surface area (Å²) in [5.74, 6) is -2.89. The minimum absolute atomic E-state index is 0.0544. The van der Waals surface area contributed by atoms with E-state index in [2.05, 4.69) is 4.98 Å². The zero-order valence-corrected chi connectivity index (χ0v) is 17.3. The number of carbonyl (C=O) groups is 2. The van der Waals surface area contributed by atoms with E-state index in [1.807, 2.05) is 12.1 Å². The maximum absolute atomic E-state index is 14.0. The third kappa shape index (κ3) is 6.27. The van der Waals surface area contributed by atoms with Crippen LogP contribution in [0.25, 0.3) is 10.8 Å². The average molecular weight is 449 g/mol. The SMILES string of the molecule is COc1ccc(Cc2nccc3cc(OC)c(OCCF)cc23)cc1F.O=C(O)C(=O)O. The topological polar surface area (TPSA) is 115 Å². The van der Waals surface area contributed by atoms with Crippen molar-refractivity contribution in [1.29, 1.82) is 0 Å². The first kappa shape index (κ1) is 24.3. The van der Waals surface area contributed by atoms with Crippen molar-refractivity contribution < 1.29 is 42.8 Å². The first-order valence-electron chi connectivity index (χ1n) is 9.23. The van der Waals surface area contributed by atoms with Crippen LogP contribution in [0.5, 0.6) is 17.2 Å². The van der Waals surface area contributed by atoms with E-state index in [9.17, 15) is 8.78 Å². The quantitative estimate of drug-likeness (QED) is 0.527. The lowest BCUT2D eigenvalue weighted by molar-refractivity contribution is -0.159. The molecule has 0 aliphatic rings. The van der Waals surface area contributed by atoms with Crippen LogP contribution in [0.4, 0.5) is 8.78 Å². The summed E-state index contributed by atoms with van der Waals surface area (Å²) in [4.78, 5) is 22.6. The molecular weight excluding hydrogens is 428 g/mol. The number of methoxy groups -OCH3 is 2. The summed E-state index contributed by atoms with van der Waals surface area (Å²) in [6.45, 7) is -0.645. The smallest absolute Gasteiger partial charge is 0.414 e. The van der Waals surface area contributed by atoms with Gasteiger partial charge in [-0.15, -0.1) is 0 Å². The van der Waals surface area contributed by atoms with E-state index in [4.69, 9.17) is 34.0 Å². The maximum Gasteiger partial charge on any atom is 0.414 e. The van der Waals surface area contributed by atoms with E-state index >= 15 is 0 Å². The van der Waals surface area contributed by atoms with Gasteiger partial charge < -0.3 is 24.4 Å². The van der Waals surface area contributed by atoms with Gasteiger partial charge in [-0.1, -0.05) is 6.07 Å². The Morgan fingerprint density at radius 2 is 1.66 bits per heavy atom. The molecule has 0 atom stereocenters. The van der Waals surface area contributed by atoms with E-state index in [1.165, 1.54) is 20.3 Å². The Morgan fingerprint density at radius 3 is 2.22 bits per heavy atom. The molecule has 3 aromatic rings. The van der Waals surface area contributed by atoms with Gasteiger partial charge in [0.15, 0.2) is 23.1 Å². The summed E-state index contributed by atoms with van der Waals surface area (Å²) in [5.41, 5.74) is 1.53. The molecule has 2 aromatic carbocycles. The van der Waals surface area contributed by atoms with E-state index in [-0.39, 0.29) is 12.4 Å². The first-order valence-corrected chi connectivity index (χ1v) is 9.23. The zero-order valence-electron chi connectivity index (χ0n) is 17.3. The fourth-order valence-corrected chi connectivity index (χ4v) is 2.82. The number of fused-ring (bicyclic) bond motifs is 1. The molecule has 0 spiro atoms. The van der Waals surface area contributed by atoms with Crippen LogP contribution in [0, 0.1) is 5.82 Å². The number of hydrogen-bond donors (Lipinski definition) is 2. The van der Waals surface area contributed by atoms with Crippen molar-refractivity contribution in [3.63, 3.8) is 0 Å². The summed E-state index contributed by atoms with van der Waals surface area (Å²) >= 11 is 0. The number of halogens is 2. The van der Waals surface area contributed by atoms with Gasteiger partial charge >= 0.3 is 11.9 Å². The predicted molar refractivity (Wildman–Crippen MR) is 111 cm³/mol. The van der Waals surface area contributed by atoms with Gasteiger partial charge in [0.25, 0.3) is 0 Å². The van der Waals surface area contributed by atoms with Crippen molar-refractivity contribution in [2.24, 2.45) is 0 Å². The predicted octanol–water partition coefficient (Wildman–Crippen LogP) is 3.49. The molecular formula is C22H21F2NO7. The van der Waals surface area contributed by atoms with Gasteiger partial charge in [-0.25, -0.2) is 18.4 Å².